The minimum Gasteiger partial charge on any atom is -0.493 e. The Bertz CT molecular complexity index is 842. The van der Waals surface area contributed by atoms with Gasteiger partial charge in [0.05, 0.1) is 27.2 Å². The number of ether oxygens (including phenoxy) is 3. The molecule has 0 aliphatic rings. The summed E-state index contributed by atoms with van der Waals surface area (Å²) in [6.07, 6.45) is 0.607. The van der Waals surface area contributed by atoms with E-state index in [1.807, 2.05) is 30.3 Å². The summed E-state index contributed by atoms with van der Waals surface area (Å²) in [6, 6.07) is 14.9. The fraction of sp³-hybridized carbons (Fsp3) is 0.286. The van der Waals surface area contributed by atoms with Crippen molar-refractivity contribution in [3.8, 4) is 11.5 Å². The number of esters is 1. The van der Waals surface area contributed by atoms with E-state index in [1.54, 1.807) is 25.3 Å². The summed E-state index contributed by atoms with van der Waals surface area (Å²) in [4.78, 5) is 23.7. The van der Waals surface area contributed by atoms with Gasteiger partial charge in [-0.2, -0.15) is 0 Å². The molecule has 2 aromatic rings. The Morgan fingerprint density at radius 3 is 2.38 bits per heavy atom. The maximum absolute atomic E-state index is 12.0. The minimum absolute atomic E-state index is 0.0143. The first-order chi connectivity index (χ1) is 14.0. The largest absolute Gasteiger partial charge is 0.493 e. The highest BCUT2D eigenvalue weighted by molar-refractivity contribution is 7.80. The molecule has 2 aromatic carbocycles. The second-order valence-electron chi connectivity index (χ2n) is 6.03. The van der Waals surface area contributed by atoms with Crippen LogP contribution >= 0.6 is 12.2 Å². The van der Waals surface area contributed by atoms with Gasteiger partial charge in [-0.3, -0.25) is 9.59 Å². The summed E-state index contributed by atoms with van der Waals surface area (Å²) in [5.74, 6) is 0.321. The van der Waals surface area contributed by atoms with Gasteiger partial charge in [0.1, 0.15) is 0 Å². The van der Waals surface area contributed by atoms with Gasteiger partial charge in [0.25, 0.3) is 0 Å². The van der Waals surface area contributed by atoms with Crippen LogP contribution in [0.2, 0.25) is 0 Å². The van der Waals surface area contributed by atoms with Gasteiger partial charge >= 0.3 is 5.97 Å². The van der Waals surface area contributed by atoms with Gasteiger partial charge in [0, 0.05) is 24.6 Å². The third-order valence-corrected chi connectivity index (χ3v) is 4.15. The third kappa shape index (κ3) is 7.79. The summed E-state index contributed by atoms with van der Waals surface area (Å²) >= 11 is 5.13. The Morgan fingerprint density at radius 1 is 0.966 bits per heavy atom. The van der Waals surface area contributed by atoms with Gasteiger partial charge in [-0.25, -0.2) is 0 Å². The Morgan fingerprint density at radius 2 is 1.69 bits per heavy atom. The van der Waals surface area contributed by atoms with Gasteiger partial charge in [-0.05, 0) is 29.9 Å². The molecule has 2 rings (SSSR count). The number of carbonyl (C=O) groups excluding carboxylic acids is 2. The summed E-state index contributed by atoms with van der Waals surface area (Å²) < 4.78 is 15.5. The number of nitrogens with one attached hydrogen (secondary N) is 2. The van der Waals surface area contributed by atoms with Crippen molar-refractivity contribution < 1.29 is 23.8 Å². The Hall–Kier alpha value is -3.13. The van der Waals surface area contributed by atoms with E-state index in [4.69, 9.17) is 26.4 Å². The van der Waals surface area contributed by atoms with Crippen LogP contribution in [0.25, 0.3) is 0 Å². The lowest BCUT2D eigenvalue weighted by molar-refractivity contribution is -0.144. The molecule has 2 N–H and O–H groups in total. The first-order valence-electron chi connectivity index (χ1n) is 9.04. The number of rotatable bonds is 9. The molecule has 0 saturated heterocycles. The molecule has 0 aliphatic heterocycles. The Balaban J connectivity index is 1.69. The van der Waals surface area contributed by atoms with Crippen LogP contribution in [0.4, 0.5) is 5.69 Å². The lowest BCUT2D eigenvalue weighted by Gasteiger charge is -2.12. The topological polar surface area (TPSA) is 85.9 Å². The van der Waals surface area contributed by atoms with E-state index in [0.717, 1.165) is 5.56 Å². The fourth-order valence-electron chi connectivity index (χ4n) is 2.48. The van der Waals surface area contributed by atoms with E-state index in [-0.39, 0.29) is 30.5 Å². The van der Waals surface area contributed by atoms with E-state index >= 15 is 0 Å². The van der Waals surface area contributed by atoms with Crippen LogP contribution in [0, 0.1) is 0 Å². The van der Waals surface area contributed by atoms with Crippen LogP contribution in [0.5, 0.6) is 11.5 Å². The zero-order chi connectivity index (χ0) is 21.1. The van der Waals surface area contributed by atoms with Gasteiger partial charge in [-0.15, -0.1) is 0 Å². The molecule has 0 unspecified atom stereocenters. The van der Waals surface area contributed by atoms with Crippen LogP contribution in [0.1, 0.15) is 18.4 Å². The lowest BCUT2D eigenvalue weighted by Crippen LogP contribution is -2.34. The average molecular weight is 416 g/mol. The molecule has 0 saturated carbocycles. The number of carbonyl (C=O) groups is 2. The monoisotopic (exact) mass is 416 g/mol. The van der Waals surface area contributed by atoms with Crippen molar-refractivity contribution in [1.29, 1.82) is 0 Å². The van der Waals surface area contributed by atoms with Crippen molar-refractivity contribution in [2.75, 3.05) is 26.1 Å². The van der Waals surface area contributed by atoms with Crippen molar-refractivity contribution in [2.24, 2.45) is 0 Å². The van der Waals surface area contributed by atoms with Gasteiger partial charge < -0.3 is 24.8 Å². The predicted molar refractivity (Wildman–Crippen MR) is 114 cm³/mol. The molecule has 7 nitrogen and oxygen atoms in total. The number of methoxy groups -OCH3 is 2. The van der Waals surface area contributed by atoms with Crippen LogP contribution < -0.4 is 20.1 Å². The summed E-state index contributed by atoms with van der Waals surface area (Å²) in [6.45, 7) is 0.281. The molecule has 154 valence electrons. The molecule has 1 amide bonds. The number of hydrogen-bond acceptors (Lipinski definition) is 6. The molecular weight excluding hydrogens is 392 g/mol. The zero-order valence-corrected chi connectivity index (χ0v) is 17.2. The number of anilines is 1. The summed E-state index contributed by atoms with van der Waals surface area (Å²) in [5.41, 5.74) is 1.72. The normalized spacial score (nSPS) is 10.0. The zero-order valence-electron chi connectivity index (χ0n) is 16.4. The molecule has 0 radical (unpaired) electrons. The predicted octanol–water partition coefficient (Wildman–Crippen LogP) is 3.08. The van der Waals surface area contributed by atoms with E-state index in [9.17, 15) is 9.59 Å². The Labute approximate surface area is 175 Å². The van der Waals surface area contributed by atoms with E-state index in [1.165, 1.54) is 7.11 Å². The highest BCUT2D eigenvalue weighted by Crippen LogP contribution is 2.29. The van der Waals surface area contributed by atoms with Crippen LogP contribution in [-0.4, -0.2) is 37.8 Å². The second-order valence-corrected chi connectivity index (χ2v) is 6.44. The maximum Gasteiger partial charge on any atom is 0.306 e. The van der Waals surface area contributed by atoms with Crippen LogP contribution in [-0.2, 0) is 20.7 Å². The smallest absolute Gasteiger partial charge is 0.306 e. The fourth-order valence-corrected chi connectivity index (χ4v) is 2.71. The molecule has 0 spiro atoms. The molecule has 0 bridgehead atoms. The van der Waals surface area contributed by atoms with Crippen molar-refractivity contribution in [1.82, 2.24) is 5.32 Å². The molecular formula is C21H24N2O5S. The SMILES string of the molecule is COc1ccc(NC(=S)NC(=O)CCC(=O)OCCc2ccccc2)cc1OC. The average Bonchev–Trinajstić information content (AvgIpc) is 2.72. The minimum atomic E-state index is -0.421. The van der Waals surface area contributed by atoms with Crippen molar-refractivity contribution >= 4 is 34.9 Å². The van der Waals surface area contributed by atoms with Crippen molar-refractivity contribution in [3.63, 3.8) is 0 Å². The molecule has 0 fully saturated rings. The highest BCUT2D eigenvalue weighted by Gasteiger charge is 2.11. The maximum atomic E-state index is 12.0. The van der Waals surface area contributed by atoms with Crippen LogP contribution in [0.15, 0.2) is 48.5 Å². The number of hydrogen-bond donors (Lipinski definition) is 2. The molecule has 8 heteroatoms. The van der Waals surface area contributed by atoms with Crippen molar-refractivity contribution in [2.45, 2.75) is 19.3 Å². The molecule has 0 aromatic heterocycles. The number of thiocarbonyl (C=S) groups is 1. The van der Waals surface area contributed by atoms with Gasteiger partial charge in [0.15, 0.2) is 16.6 Å². The standard InChI is InChI=1S/C21H24N2O5S/c1-26-17-9-8-16(14-18(17)27-2)22-21(29)23-19(24)10-11-20(25)28-13-12-15-6-4-3-5-7-15/h3-9,14H,10-13H2,1-2H3,(H2,22,23,24,29). The third-order valence-electron chi connectivity index (χ3n) is 3.95. The Kier molecular flexibility index (Phi) is 8.91. The first kappa shape index (κ1) is 22.2. The van der Waals surface area contributed by atoms with Crippen molar-refractivity contribution in [3.05, 3.63) is 54.1 Å². The number of amides is 1. The van der Waals surface area contributed by atoms with Gasteiger partial charge in [0.2, 0.25) is 5.91 Å². The quantitative estimate of drug-likeness (QED) is 0.480. The molecule has 29 heavy (non-hydrogen) atoms. The molecule has 0 heterocycles. The second kappa shape index (κ2) is 11.7. The number of benzene rings is 2. The van der Waals surface area contributed by atoms with E-state index in [0.29, 0.717) is 23.6 Å². The highest BCUT2D eigenvalue weighted by atomic mass is 32.1. The molecule has 0 aliphatic carbocycles. The van der Waals surface area contributed by atoms with E-state index in [2.05, 4.69) is 10.6 Å². The molecule has 0 atom stereocenters. The first-order valence-corrected chi connectivity index (χ1v) is 9.45. The van der Waals surface area contributed by atoms with E-state index < -0.39 is 5.97 Å². The van der Waals surface area contributed by atoms with Crippen LogP contribution in [0.3, 0.4) is 0 Å². The lowest BCUT2D eigenvalue weighted by atomic mass is 10.2. The summed E-state index contributed by atoms with van der Waals surface area (Å²) in [7, 11) is 3.07. The summed E-state index contributed by atoms with van der Waals surface area (Å²) in [5, 5.41) is 5.54. The van der Waals surface area contributed by atoms with Gasteiger partial charge in [-0.1, -0.05) is 30.3 Å².